The van der Waals surface area contributed by atoms with Crippen molar-refractivity contribution in [1.29, 1.82) is 0 Å². The number of aryl methyl sites for hydroxylation is 1. The average molecular weight is 264 g/mol. The SMILES string of the molecule is Cc1cnc(COC2CC(C)OC(C)C2)c(C)c1N. The number of nitrogens with two attached hydrogens (primary N) is 1. The third kappa shape index (κ3) is 3.45. The van der Waals surface area contributed by atoms with E-state index < -0.39 is 0 Å². The molecule has 1 aliphatic rings. The van der Waals surface area contributed by atoms with Gasteiger partial charge in [-0.25, -0.2) is 0 Å². The molecule has 0 spiro atoms. The van der Waals surface area contributed by atoms with Crippen LogP contribution in [-0.2, 0) is 16.1 Å². The van der Waals surface area contributed by atoms with Crippen LogP contribution < -0.4 is 5.73 Å². The summed E-state index contributed by atoms with van der Waals surface area (Å²) < 4.78 is 11.7. The third-order valence-corrected chi connectivity index (χ3v) is 3.79. The zero-order chi connectivity index (χ0) is 14.0. The summed E-state index contributed by atoms with van der Waals surface area (Å²) in [5.74, 6) is 0. The van der Waals surface area contributed by atoms with E-state index in [-0.39, 0.29) is 18.3 Å². The van der Waals surface area contributed by atoms with E-state index in [1.54, 1.807) is 0 Å². The molecule has 1 aliphatic heterocycles. The highest BCUT2D eigenvalue weighted by atomic mass is 16.5. The van der Waals surface area contributed by atoms with Gasteiger partial charge >= 0.3 is 0 Å². The van der Waals surface area contributed by atoms with Crippen molar-refractivity contribution in [1.82, 2.24) is 4.98 Å². The second kappa shape index (κ2) is 5.88. The van der Waals surface area contributed by atoms with Gasteiger partial charge in [-0.15, -0.1) is 0 Å². The van der Waals surface area contributed by atoms with E-state index in [1.165, 1.54) is 0 Å². The lowest BCUT2D eigenvalue weighted by atomic mass is 10.0. The van der Waals surface area contributed by atoms with Crippen molar-refractivity contribution in [2.24, 2.45) is 0 Å². The molecule has 4 heteroatoms. The van der Waals surface area contributed by atoms with Crippen molar-refractivity contribution in [3.8, 4) is 0 Å². The van der Waals surface area contributed by atoms with Crippen molar-refractivity contribution < 1.29 is 9.47 Å². The van der Waals surface area contributed by atoms with Gasteiger partial charge in [-0.3, -0.25) is 4.98 Å². The molecule has 19 heavy (non-hydrogen) atoms. The zero-order valence-electron chi connectivity index (χ0n) is 12.3. The summed E-state index contributed by atoms with van der Waals surface area (Å²) in [4.78, 5) is 4.42. The van der Waals surface area contributed by atoms with Crippen LogP contribution in [0, 0.1) is 13.8 Å². The van der Waals surface area contributed by atoms with Crippen molar-refractivity contribution in [3.63, 3.8) is 0 Å². The maximum atomic E-state index is 6.02. The second-order valence-electron chi connectivity index (χ2n) is 5.59. The van der Waals surface area contributed by atoms with Gasteiger partial charge in [0, 0.05) is 11.9 Å². The molecule has 0 amide bonds. The molecular weight excluding hydrogens is 240 g/mol. The minimum atomic E-state index is 0.252. The lowest BCUT2D eigenvalue weighted by molar-refractivity contribution is -0.106. The first-order chi connectivity index (χ1) is 8.97. The number of hydrogen-bond donors (Lipinski definition) is 1. The van der Waals surface area contributed by atoms with Crippen LogP contribution in [0.1, 0.15) is 43.5 Å². The first-order valence-corrected chi connectivity index (χ1v) is 6.95. The highest BCUT2D eigenvalue weighted by Gasteiger charge is 2.25. The first kappa shape index (κ1) is 14.3. The van der Waals surface area contributed by atoms with Gasteiger partial charge < -0.3 is 15.2 Å². The molecule has 106 valence electrons. The number of ether oxygens (including phenoxy) is 2. The fourth-order valence-electron chi connectivity index (χ4n) is 2.62. The van der Waals surface area contributed by atoms with Crippen LogP contribution in [0.2, 0.25) is 0 Å². The van der Waals surface area contributed by atoms with Crippen molar-refractivity contribution in [2.45, 2.75) is 65.5 Å². The number of pyridine rings is 1. The highest BCUT2D eigenvalue weighted by Crippen LogP contribution is 2.24. The maximum Gasteiger partial charge on any atom is 0.0895 e. The monoisotopic (exact) mass is 264 g/mol. The number of nitrogens with zero attached hydrogens (tertiary/aromatic N) is 1. The molecule has 2 atom stereocenters. The molecule has 2 rings (SSSR count). The second-order valence-corrected chi connectivity index (χ2v) is 5.59. The number of nitrogen functional groups attached to an aromatic ring is 1. The summed E-state index contributed by atoms with van der Waals surface area (Å²) in [6.45, 7) is 8.70. The van der Waals surface area contributed by atoms with Crippen molar-refractivity contribution in [2.75, 3.05) is 5.73 Å². The minimum Gasteiger partial charge on any atom is -0.398 e. The van der Waals surface area contributed by atoms with Crippen molar-refractivity contribution in [3.05, 3.63) is 23.0 Å². The van der Waals surface area contributed by atoms with Crippen LogP contribution >= 0.6 is 0 Å². The third-order valence-electron chi connectivity index (χ3n) is 3.79. The van der Waals surface area contributed by atoms with Gasteiger partial charge in [-0.2, -0.15) is 0 Å². The maximum absolute atomic E-state index is 6.02. The summed E-state index contributed by atoms with van der Waals surface area (Å²) in [6.07, 6.45) is 4.50. The average Bonchev–Trinajstić information content (AvgIpc) is 2.34. The fraction of sp³-hybridized carbons (Fsp3) is 0.667. The summed E-state index contributed by atoms with van der Waals surface area (Å²) in [5, 5.41) is 0. The van der Waals surface area contributed by atoms with Crippen LogP contribution in [0.5, 0.6) is 0 Å². The fourth-order valence-corrected chi connectivity index (χ4v) is 2.62. The summed E-state index contributed by atoms with van der Waals surface area (Å²) in [7, 11) is 0. The molecule has 1 fully saturated rings. The van der Waals surface area contributed by atoms with E-state index in [1.807, 2.05) is 20.0 Å². The van der Waals surface area contributed by atoms with Gasteiger partial charge in [0.25, 0.3) is 0 Å². The quantitative estimate of drug-likeness (QED) is 0.912. The smallest absolute Gasteiger partial charge is 0.0895 e. The Balaban J connectivity index is 1.97. The molecule has 4 nitrogen and oxygen atoms in total. The minimum absolute atomic E-state index is 0.252. The summed E-state index contributed by atoms with van der Waals surface area (Å²) in [6, 6.07) is 0. The standard InChI is InChI=1S/C15H24N2O2/c1-9-7-17-14(12(4)15(9)16)8-18-13-5-10(2)19-11(3)6-13/h7,10-11,13H,5-6,8H2,1-4H3,(H2,16,17). The molecule has 1 aromatic rings. The van der Waals surface area contributed by atoms with Crippen LogP contribution in [0.25, 0.3) is 0 Å². The Morgan fingerprint density at radius 3 is 2.58 bits per heavy atom. The largest absolute Gasteiger partial charge is 0.398 e. The Labute approximate surface area is 115 Å². The predicted octanol–water partition coefficient (Wildman–Crippen LogP) is 2.75. The number of anilines is 1. The van der Waals surface area contributed by atoms with Gasteiger partial charge in [-0.05, 0) is 51.7 Å². The van der Waals surface area contributed by atoms with Crippen LogP contribution in [0.3, 0.4) is 0 Å². The molecule has 2 heterocycles. The summed E-state index contributed by atoms with van der Waals surface area (Å²) in [5.41, 5.74) is 9.84. The zero-order valence-corrected chi connectivity index (χ0v) is 12.3. The highest BCUT2D eigenvalue weighted by molar-refractivity contribution is 5.53. The summed E-state index contributed by atoms with van der Waals surface area (Å²) >= 11 is 0. The van der Waals surface area contributed by atoms with Gasteiger partial charge in [0.15, 0.2) is 0 Å². The van der Waals surface area contributed by atoms with E-state index in [2.05, 4.69) is 18.8 Å². The molecule has 1 aromatic heterocycles. The molecule has 0 saturated carbocycles. The molecule has 0 bridgehead atoms. The lowest BCUT2D eigenvalue weighted by Crippen LogP contribution is -2.34. The van der Waals surface area contributed by atoms with Gasteiger partial charge in [0.2, 0.25) is 0 Å². The Morgan fingerprint density at radius 2 is 1.95 bits per heavy atom. The van der Waals surface area contributed by atoms with E-state index in [0.717, 1.165) is 35.3 Å². The Kier molecular flexibility index (Phi) is 4.42. The predicted molar refractivity (Wildman–Crippen MR) is 75.9 cm³/mol. The number of hydrogen-bond acceptors (Lipinski definition) is 4. The van der Waals surface area contributed by atoms with Gasteiger partial charge in [0.1, 0.15) is 0 Å². The van der Waals surface area contributed by atoms with Crippen molar-refractivity contribution >= 4 is 5.69 Å². The molecule has 1 saturated heterocycles. The van der Waals surface area contributed by atoms with E-state index in [0.29, 0.717) is 6.61 Å². The van der Waals surface area contributed by atoms with E-state index >= 15 is 0 Å². The van der Waals surface area contributed by atoms with Crippen LogP contribution in [0.4, 0.5) is 5.69 Å². The molecular formula is C15H24N2O2. The Morgan fingerprint density at radius 1 is 1.32 bits per heavy atom. The van der Waals surface area contributed by atoms with Crippen LogP contribution in [-0.4, -0.2) is 23.3 Å². The number of rotatable bonds is 3. The van der Waals surface area contributed by atoms with E-state index in [4.69, 9.17) is 15.2 Å². The molecule has 0 aliphatic carbocycles. The molecule has 2 unspecified atom stereocenters. The molecule has 0 aromatic carbocycles. The lowest BCUT2D eigenvalue weighted by Gasteiger charge is -2.32. The van der Waals surface area contributed by atoms with E-state index in [9.17, 15) is 0 Å². The number of aromatic nitrogens is 1. The molecule has 0 radical (unpaired) electrons. The topological polar surface area (TPSA) is 57.4 Å². The Hall–Kier alpha value is -1.13. The van der Waals surface area contributed by atoms with Gasteiger partial charge in [-0.1, -0.05) is 0 Å². The van der Waals surface area contributed by atoms with Gasteiger partial charge in [0.05, 0.1) is 30.6 Å². The normalized spacial score (nSPS) is 27.5. The first-order valence-electron chi connectivity index (χ1n) is 6.95. The Bertz CT molecular complexity index is 438. The molecule has 2 N–H and O–H groups in total. The van der Waals surface area contributed by atoms with Crippen LogP contribution in [0.15, 0.2) is 6.20 Å².